The summed E-state index contributed by atoms with van der Waals surface area (Å²) in [6, 6.07) is 19.7. The molecule has 0 spiro atoms. The average molecular weight is 368 g/mol. The molecule has 0 N–H and O–H groups in total. The molecule has 5 rings (SSSR count). The number of aromatic nitrogens is 2. The molecule has 4 nitrogen and oxygen atoms in total. The highest BCUT2D eigenvalue weighted by molar-refractivity contribution is 6.15. The van der Waals surface area contributed by atoms with Gasteiger partial charge in [-0.25, -0.2) is 0 Å². The van der Waals surface area contributed by atoms with Crippen LogP contribution in [0.1, 0.15) is 13.8 Å². The van der Waals surface area contributed by atoms with Crippen LogP contribution < -0.4 is 11.1 Å². The smallest absolute Gasteiger partial charge is 0.258 e. The summed E-state index contributed by atoms with van der Waals surface area (Å²) in [6.07, 6.45) is 0. The second-order valence-corrected chi connectivity index (χ2v) is 7.08. The zero-order chi connectivity index (χ0) is 19.4. The minimum Gasteiger partial charge on any atom is -0.308 e. The molecule has 0 radical (unpaired) electrons. The topological polar surface area (TPSA) is 44.0 Å². The summed E-state index contributed by atoms with van der Waals surface area (Å²) in [4.78, 5) is 26.1. The van der Waals surface area contributed by atoms with E-state index in [0.717, 1.165) is 43.4 Å². The molecule has 0 amide bonds. The summed E-state index contributed by atoms with van der Waals surface area (Å²) >= 11 is 0. The first-order valence-corrected chi connectivity index (χ1v) is 9.66. The molecule has 0 aliphatic rings. The second-order valence-electron chi connectivity index (χ2n) is 7.08. The fourth-order valence-electron chi connectivity index (χ4n) is 4.40. The number of hydrogen-bond donors (Lipinski definition) is 0. The van der Waals surface area contributed by atoms with Gasteiger partial charge in [0, 0.05) is 34.6 Å². The summed E-state index contributed by atoms with van der Waals surface area (Å²) in [5, 5.41) is 5.43. The molecule has 0 aliphatic heterocycles. The first-order valence-electron chi connectivity index (χ1n) is 9.66. The molecule has 3 aromatic carbocycles. The van der Waals surface area contributed by atoms with Gasteiger partial charge in [-0.2, -0.15) is 0 Å². The monoisotopic (exact) mass is 368 g/mol. The summed E-state index contributed by atoms with van der Waals surface area (Å²) in [5.41, 5.74) is 1.76. The van der Waals surface area contributed by atoms with E-state index in [0.29, 0.717) is 13.1 Å². The standard InChI is InChI=1S/C24H20N2O2/c1-3-25-21-14-22-20(13-19(21)15-9-5-7-11-17(15)23(25)27)16-10-6-8-12-18(16)24(28)26(22)4-2/h5-14H,3-4H2,1-2H3. The van der Waals surface area contributed by atoms with Crippen LogP contribution in [0, 0.1) is 0 Å². The normalized spacial score (nSPS) is 11.8. The predicted octanol–water partition coefficient (Wildman–Crippen LogP) is 4.66. The molecule has 0 atom stereocenters. The maximum absolute atomic E-state index is 13.0. The number of rotatable bonds is 2. The number of hydrogen-bond acceptors (Lipinski definition) is 2. The van der Waals surface area contributed by atoms with E-state index in [2.05, 4.69) is 6.07 Å². The molecule has 0 saturated carbocycles. The molecule has 0 aliphatic carbocycles. The van der Waals surface area contributed by atoms with E-state index in [1.165, 1.54) is 0 Å². The van der Waals surface area contributed by atoms with Gasteiger partial charge in [0.1, 0.15) is 0 Å². The molecule has 138 valence electrons. The van der Waals surface area contributed by atoms with Crippen molar-refractivity contribution in [3.8, 4) is 0 Å². The second kappa shape index (κ2) is 6.06. The maximum atomic E-state index is 13.0. The van der Waals surface area contributed by atoms with Crippen LogP contribution in [0.3, 0.4) is 0 Å². The number of nitrogens with zero attached hydrogens (tertiary/aromatic N) is 2. The third-order valence-corrected chi connectivity index (χ3v) is 5.71. The largest absolute Gasteiger partial charge is 0.308 e. The summed E-state index contributed by atoms with van der Waals surface area (Å²) in [5.74, 6) is 0. The van der Waals surface area contributed by atoms with Crippen LogP contribution in [0.5, 0.6) is 0 Å². The van der Waals surface area contributed by atoms with E-state index in [4.69, 9.17) is 0 Å². The van der Waals surface area contributed by atoms with Gasteiger partial charge in [-0.1, -0.05) is 36.4 Å². The molecule has 0 bridgehead atoms. The molecule has 0 saturated heterocycles. The van der Waals surface area contributed by atoms with Crippen LogP contribution >= 0.6 is 0 Å². The zero-order valence-corrected chi connectivity index (χ0v) is 15.9. The van der Waals surface area contributed by atoms with Crippen molar-refractivity contribution in [3.05, 3.63) is 81.4 Å². The van der Waals surface area contributed by atoms with Crippen molar-refractivity contribution < 1.29 is 0 Å². The SMILES string of the molecule is CCn1c(=O)c2ccccc2c2cc3c4ccccc4c(=O)n(CC)c3cc21. The van der Waals surface area contributed by atoms with Gasteiger partial charge in [0.05, 0.1) is 11.0 Å². The molecule has 5 aromatic rings. The van der Waals surface area contributed by atoms with Crippen LogP contribution in [-0.4, -0.2) is 9.13 Å². The molecule has 4 heteroatoms. The Morgan fingerprint density at radius 2 is 0.964 bits per heavy atom. The Kier molecular flexibility index (Phi) is 3.63. The molecular weight excluding hydrogens is 348 g/mol. The number of pyridine rings is 2. The average Bonchev–Trinajstić information content (AvgIpc) is 2.74. The summed E-state index contributed by atoms with van der Waals surface area (Å²) in [6.45, 7) is 5.12. The van der Waals surface area contributed by atoms with E-state index >= 15 is 0 Å². The van der Waals surface area contributed by atoms with E-state index in [-0.39, 0.29) is 11.1 Å². The predicted molar refractivity (Wildman–Crippen MR) is 116 cm³/mol. The molecular formula is C24H20N2O2. The van der Waals surface area contributed by atoms with E-state index in [1.807, 2.05) is 68.4 Å². The lowest BCUT2D eigenvalue weighted by Crippen LogP contribution is -2.22. The fraction of sp³-hybridized carbons (Fsp3) is 0.167. The third kappa shape index (κ3) is 2.12. The Morgan fingerprint density at radius 3 is 1.36 bits per heavy atom. The fourth-order valence-corrected chi connectivity index (χ4v) is 4.40. The quantitative estimate of drug-likeness (QED) is 0.336. The molecule has 0 fully saturated rings. The molecule has 28 heavy (non-hydrogen) atoms. The van der Waals surface area contributed by atoms with Crippen molar-refractivity contribution in [3.63, 3.8) is 0 Å². The van der Waals surface area contributed by atoms with Crippen LogP contribution in [0.25, 0.3) is 43.4 Å². The number of aryl methyl sites for hydroxylation is 2. The maximum Gasteiger partial charge on any atom is 0.258 e. The van der Waals surface area contributed by atoms with E-state index in [1.54, 1.807) is 9.13 Å². The Bertz CT molecular complexity index is 1410. The Labute approximate surface area is 161 Å². The number of benzene rings is 3. The zero-order valence-electron chi connectivity index (χ0n) is 15.9. The number of fused-ring (bicyclic) bond motifs is 6. The lowest BCUT2D eigenvalue weighted by Gasteiger charge is -2.16. The van der Waals surface area contributed by atoms with Gasteiger partial charge < -0.3 is 9.13 Å². The van der Waals surface area contributed by atoms with Crippen LogP contribution in [0.4, 0.5) is 0 Å². The van der Waals surface area contributed by atoms with E-state index in [9.17, 15) is 9.59 Å². The molecule has 0 unspecified atom stereocenters. The highest BCUT2D eigenvalue weighted by Gasteiger charge is 2.15. The Morgan fingerprint density at radius 1 is 0.571 bits per heavy atom. The first-order chi connectivity index (χ1) is 13.7. The van der Waals surface area contributed by atoms with Crippen molar-refractivity contribution >= 4 is 43.4 Å². The van der Waals surface area contributed by atoms with E-state index < -0.39 is 0 Å². The van der Waals surface area contributed by atoms with Gasteiger partial charge in [0.15, 0.2) is 0 Å². The van der Waals surface area contributed by atoms with Crippen molar-refractivity contribution in [1.82, 2.24) is 9.13 Å². The van der Waals surface area contributed by atoms with Gasteiger partial charge in [-0.05, 0) is 48.9 Å². The minimum absolute atomic E-state index is 0.0103. The van der Waals surface area contributed by atoms with Crippen molar-refractivity contribution in [2.24, 2.45) is 0 Å². The van der Waals surface area contributed by atoms with Gasteiger partial charge >= 0.3 is 0 Å². The molecule has 2 aromatic heterocycles. The Hall–Kier alpha value is -3.40. The van der Waals surface area contributed by atoms with Gasteiger partial charge in [-0.3, -0.25) is 9.59 Å². The van der Waals surface area contributed by atoms with Gasteiger partial charge in [0.25, 0.3) is 11.1 Å². The first kappa shape index (κ1) is 16.8. The highest BCUT2D eigenvalue weighted by atomic mass is 16.1. The van der Waals surface area contributed by atoms with Crippen LogP contribution in [0.2, 0.25) is 0 Å². The third-order valence-electron chi connectivity index (χ3n) is 5.71. The summed E-state index contributed by atoms with van der Waals surface area (Å²) < 4.78 is 3.60. The minimum atomic E-state index is 0.0103. The molecule has 2 heterocycles. The van der Waals surface area contributed by atoms with Crippen LogP contribution in [0.15, 0.2) is 70.3 Å². The summed E-state index contributed by atoms with van der Waals surface area (Å²) in [7, 11) is 0. The lowest BCUT2D eigenvalue weighted by atomic mass is 10.00. The van der Waals surface area contributed by atoms with Crippen molar-refractivity contribution in [1.29, 1.82) is 0 Å². The highest BCUT2D eigenvalue weighted by Crippen LogP contribution is 2.31. The van der Waals surface area contributed by atoms with Crippen molar-refractivity contribution in [2.75, 3.05) is 0 Å². The van der Waals surface area contributed by atoms with Crippen LogP contribution in [-0.2, 0) is 13.1 Å². The van der Waals surface area contributed by atoms with Gasteiger partial charge in [-0.15, -0.1) is 0 Å². The van der Waals surface area contributed by atoms with Gasteiger partial charge in [0.2, 0.25) is 0 Å². The Balaban J connectivity index is 2.15. The van der Waals surface area contributed by atoms with Crippen molar-refractivity contribution in [2.45, 2.75) is 26.9 Å². The lowest BCUT2D eigenvalue weighted by molar-refractivity contribution is 0.759.